The molecule has 0 aromatic heterocycles. The van der Waals surface area contributed by atoms with Gasteiger partial charge in [-0.05, 0) is 51.7 Å². The van der Waals surface area contributed by atoms with Crippen molar-refractivity contribution in [2.24, 2.45) is 5.73 Å². The molecule has 3 nitrogen and oxygen atoms in total. The maximum atomic E-state index is 8.61. The molecule has 1 aliphatic heterocycles. The number of hydrogen-bond donors (Lipinski definition) is 2. The Kier molecular flexibility index (Phi) is 13.0. The Morgan fingerprint density at radius 1 is 1.07 bits per heavy atom. The van der Waals surface area contributed by atoms with Crippen molar-refractivity contribution in [2.75, 3.05) is 26.2 Å². The van der Waals surface area contributed by atoms with E-state index >= 15 is 0 Å². The minimum Gasteiger partial charge on any atom is -0.396 e. The number of nitrogens with zero attached hydrogens (tertiary/aromatic N) is 1. The quantitative estimate of drug-likeness (QED) is 0.734. The van der Waals surface area contributed by atoms with Crippen molar-refractivity contribution in [2.45, 2.75) is 38.1 Å². The first-order valence-corrected chi connectivity index (χ1v) is 5.41. The Morgan fingerprint density at radius 3 is 2.20 bits per heavy atom. The van der Waals surface area contributed by atoms with E-state index in [4.69, 9.17) is 10.8 Å². The van der Waals surface area contributed by atoms with Crippen LogP contribution in [0.15, 0.2) is 0 Å². The molecule has 0 aromatic carbocycles. The number of nitrogens with two attached hydrogens (primary N) is 1. The summed E-state index contributed by atoms with van der Waals surface area (Å²) >= 11 is 0. The van der Waals surface area contributed by atoms with E-state index < -0.39 is 0 Å². The number of unbranched alkanes of at least 4 members (excludes halogenated alkanes) is 2. The topological polar surface area (TPSA) is 49.5 Å². The monoisotopic (exact) mass is 258 g/mol. The van der Waals surface area contributed by atoms with Gasteiger partial charge in [0.25, 0.3) is 0 Å². The van der Waals surface area contributed by atoms with Gasteiger partial charge in [0.15, 0.2) is 0 Å². The van der Waals surface area contributed by atoms with Gasteiger partial charge in [-0.25, -0.2) is 0 Å². The van der Waals surface area contributed by atoms with Gasteiger partial charge in [0.2, 0.25) is 0 Å². The third kappa shape index (κ3) is 8.29. The molecule has 0 aromatic rings. The van der Waals surface area contributed by atoms with Crippen LogP contribution in [0.3, 0.4) is 0 Å². The predicted molar refractivity (Wildman–Crippen MR) is 69.1 cm³/mol. The Bertz CT molecular complexity index is 131. The average molecular weight is 259 g/mol. The largest absolute Gasteiger partial charge is 0.396 e. The molecule has 1 saturated heterocycles. The summed E-state index contributed by atoms with van der Waals surface area (Å²) in [5.41, 5.74) is 5.81. The zero-order valence-corrected chi connectivity index (χ0v) is 10.9. The first-order chi connectivity index (χ1) is 6.33. The van der Waals surface area contributed by atoms with Crippen LogP contribution in [-0.4, -0.2) is 42.3 Å². The number of piperidine rings is 1. The van der Waals surface area contributed by atoms with Crippen molar-refractivity contribution in [3.8, 4) is 0 Å². The van der Waals surface area contributed by atoms with Gasteiger partial charge in [0, 0.05) is 12.6 Å². The van der Waals surface area contributed by atoms with Crippen LogP contribution in [0.4, 0.5) is 0 Å². The predicted octanol–water partition coefficient (Wildman–Crippen LogP) is 1.42. The number of aliphatic hydroxyl groups is 1. The number of likely N-dealkylation sites (tertiary alicyclic amines) is 1. The van der Waals surface area contributed by atoms with E-state index in [-0.39, 0.29) is 24.8 Å². The van der Waals surface area contributed by atoms with Crippen molar-refractivity contribution in [1.82, 2.24) is 4.90 Å². The fourth-order valence-corrected chi connectivity index (χ4v) is 1.80. The molecule has 0 atom stereocenters. The molecule has 1 fully saturated rings. The van der Waals surface area contributed by atoms with Crippen LogP contribution in [0.2, 0.25) is 0 Å². The second-order valence-corrected chi connectivity index (χ2v) is 3.96. The van der Waals surface area contributed by atoms with Crippen molar-refractivity contribution < 1.29 is 5.11 Å². The number of halogens is 2. The molecule has 0 radical (unpaired) electrons. The van der Waals surface area contributed by atoms with Crippen LogP contribution in [-0.2, 0) is 0 Å². The molecule has 0 saturated carbocycles. The molecule has 15 heavy (non-hydrogen) atoms. The second-order valence-electron chi connectivity index (χ2n) is 3.96. The highest BCUT2D eigenvalue weighted by Crippen LogP contribution is 2.09. The number of aliphatic hydroxyl groups excluding tert-OH is 1. The average Bonchev–Trinajstić information content (AvgIpc) is 2.15. The minimum atomic E-state index is 0. The fraction of sp³-hybridized carbons (Fsp3) is 1.00. The summed E-state index contributed by atoms with van der Waals surface area (Å²) in [6.45, 7) is 3.86. The van der Waals surface area contributed by atoms with Gasteiger partial charge >= 0.3 is 0 Å². The lowest BCUT2D eigenvalue weighted by Gasteiger charge is -2.29. The van der Waals surface area contributed by atoms with Gasteiger partial charge in [0.05, 0.1) is 0 Å². The summed E-state index contributed by atoms with van der Waals surface area (Å²) in [6, 6.07) is 0.439. The molecule has 94 valence electrons. The lowest BCUT2D eigenvalue weighted by Crippen LogP contribution is -2.40. The smallest absolute Gasteiger partial charge is 0.0431 e. The standard InChI is InChI=1S/C10H22N2O.2ClH/c11-10-4-7-12(8-5-10)6-2-1-3-9-13;;/h10,13H,1-9,11H2;2*1H. The number of hydrogen-bond acceptors (Lipinski definition) is 3. The molecule has 0 unspecified atom stereocenters. The summed E-state index contributed by atoms with van der Waals surface area (Å²) in [5.74, 6) is 0. The summed E-state index contributed by atoms with van der Waals surface area (Å²) in [6.07, 6.45) is 5.63. The van der Waals surface area contributed by atoms with E-state index in [0.717, 1.165) is 25.7 Å². The molecule has 1 heterocycles. The molecule has 1 rings (SSSR count). The van der Waals surface area contributed by atoms with E-state index in [1.54, 1.807) is 0 Å². The first kappa shape index (κ1) is 17.8. The Morgan fingerprint density at radius 2 is 1.67 bits per heavy atom. The van der Waals surface area contributed by atoms with Gasteiger partial charge in [0.1, 0.15) is 0 Å². The third-order valence-corrected chi connectivity index (χ3v) is 2.76. The van der Waals surface area contributed by atoms with Crippen LogP contribution in [0.1, 0.15) is 32.1 Å². The summed E-state index contributed by atoms with van der Waals surface area (Å²) in [4.78, 5) is 2.49. The van der Waals surface area contributed by atoms with Gasteiger partial charge < -0.3 is 15.7 Å². The molecule has 0 bridgehead atoms. The second kappa shape index (κ2) is 11.0. The van der Waals surface area contributed by atoms with Crippen molar-refractivity contribution in [3.63, 3.8) is 0 Å². The Hall–Kier alpha value is 0.460. The highest BCUT2D eigenvalue weighted by Gasteiger charge is 2.14. The van der Waals surface area contributed by atoms with Crippen LogP contribution in [0.5, 0.6) is 0 Å². The van der Waals surface area contributed by atoms with Gasteiger partial charge in [-0.1, -0.05) is 0 Å². The van der Waals surface area contributed by atoms with Crippen molar-refractivity contribution in [3.05, 3.63) is 0 Å². The van der Waals surface area contributed by atoms with E-state index in [9.17, 15) is 0 Å². The fourth-order valence-electron chi connectivity index (χ4n) is 1.80. The molecule has 5 heteroatoms. The van der Waals surface area contributed by atoms with E-state index in [1.807, 2.05) is 0 Å². The van der Waals surface area contributed by atoms with Crippen LogP contribution in [0.25, 0.3) is 0 Å². The molecular formula is C10H24Cl2N2O. The van der Waals surface area contributed by atoms with Crippen LogP contribution >= 0.6 is 24.8 Å². The van der Waals surface area contributed by atoms with E-state index in [2.05, 4.69) is 4.90 Å². The van der Waals surface area contributed by atoms with Crippen LogP contribution < -0.4 is 5.73 Å². The lowest BCUT2D eigenvalue weighted by atomic mass is 10.1. The van der Waals surface area contributed by atoms with E-state index in [0.29, 0.717) is 12.6 Å². The van der Waals surface area contributed by atoms with Crippen molar-refractivity contribution in [1.29, 1.82) is 0 Å². The Labute approximate surface area is 105 Å². The molecule has 0 aliphatic carbocycles. The number of rotatable bonds is 5. The molecular weight excluding hydrogens is 235 g/mol. The SMILES string of the molecule is Cl.Cl.NC1CCN(CCCCCO)CC1. The molecule has 1 aliphatic rings. The normalized spacial score (nSPS) is 18.0. The summed E-state index contributed by atoms with van der Waals surface area (Å²) in [5, 5.41) is 8.61. The molecule has 0 spiro atoms. The maximum Gasteiger partial charge on any atom is 0.0431 e. The summed E-state index contributed by atoms with van der Waals surface area (Å²) < 4.78 is 0. The molecule has 0 amide bonds. The summed E-state index contributed by atoms with van der Waals surface area (Å²) in [7, 11) is 0. The minimum absolute atomic E-state index is 0. The van der Waals surface area contributed by atoms with Gasteiger partial charge in [-0.3, -0.25) is 0 Å². The van der Waals surface area contributed by atoms with Gasteiger partial charge in [-0.15, -0.1) is 24.8 Å². The first-order valence-electron chi connectivity index (χ1n) is 5.41. The molecule has 3 N–H and O–H groups in total. The van der Waals surface area contributed by atoms with E-state index in [1.165, 1.54) is 26.1 Å². The highest BCUT2D eigenvalue weighted by atomic mass is 35.5. The lowest BCUT2D eigenvalue weighted by molar-refractivity contribution is 0.206. The maximum absolute atomic E-state index is 8.61. The zero-order chi connectivity index (χ0) is 9.52. The zero-order valence-electron chi connectivity index (χ0n) is 9.23. The van der Waals surface area contributed by atoms with Crippen LogP contribution in [0, 0.1) is 0 Å². The Balaban J connectivity index is 0. The van der Waals surface area contributed by atoms with Gasteiger partial charge in [-0.2, -0.15) is 0 Å². The van der Waals surface area contributed by atoms with Crippen molar-refractivity contribution >= 4 is 24.8 Å². The highest BCUT2D eigenvalue weighted by molar-refractivity contribution is 5.85. The third-order valence-electron chi connectivity index (χ3n) is 2.76.